The van der Waals surface area contributed by atoms with Gasteiger partial charge in [0.15, 0.2) is 5.65 Å². The first-order valence-electron chi connectivity index (χ1n) is 9.76. The maximum absolute atomic E-state index is 11.5. The Morgan fingerprint density at radius 3 is 2.97 bits per heavy atom. The molecule has 5 heterocycles. The highest BCUT2D eigenvalue weighted by Gasteiger charge is 2.27. The number of hydrogen-bond acceptors (Lipinski definition) is 5. The average Bonchev–Trinajstić information content (AvgIpc) is 3.32. The molecule has 9 nitrogen and oxygen atoms in total. The number of nitriles is 1. The number of likely N-dealkylation sites (tertiary alicyclic amines) is 1. The third kappa shape index (κ3) is 2.85. The van der Waals surface area contributed by atoms with Gasteiger partial charge in [-0.05, 0) is 44.0 Å². The van der Waals surface area contributed by atoms with E-state index >= 15 is 0 Å². The molecule has 0 aliphatic carbocycles. The number of amides is 1. The quantitative estimate of drug-likeness (QED) is 0.552. The predicted octanol–water partition coefficient (Wildman–Crippen LogP) is 3.24. The number of carboxylic acid groups (broad SMARTS) is 1. The van der Waals surface area contributed by atoms with Crippen LogP contribution in [0.25, 0.3) is 27.9 Å². The molecule has 1 aliphatic rings. The van der Waals surface area contributed by atoms with Crippen LogP contribution in [0.15, 0.2) is 36.7 Å². The van der Waals surface area contributed by atoms with Crippen molar-refractivity contribution in [1.29, 1.82) is 5.26 Å². The number of aromatic nitrogens is 5. The smallest absolute Gasteiger partial charge is 0.407 e. The number of nitrogens with zero attached hydrogens (tertiary/aromatic N) is 7. The van der Waals surface area contributed by atoms with E-state index in [4.69, 9.17) is 4.98 Å². The number of fused-ring (bicyclic) bond motifs is 2. The molecule has 0 aromatic carbocycles. The average molecular weight is 401 g/mol. The van der Waals surface area contributed by atoms with Gasteiger partial charge in [0.25, 0.3) is 0 Å². The molecule has 1 N–H and O–H groups in total. The van der Waals surface area contributed by atoms with Crippen molar-refractivity contribution < 1.29 is 9.90 Å². The predicted molar refractivity (Wildman–Crippen MR) is 109 cm³/mol. The molecule has 4 aromatic heterocycles. The number of piperidine rings is 1. The molecule has 1 atom stereocenters. The Balaban J connectivity index is 1.62. The third-order valence-corrected chi connectivity index (χ3v) is 5.67. The van der Waals surface area contributed by atoms with E-state index in [1.54, 1.807) is 29.0 Å². The van der Waals surface area contributed by atoms with Crippen molar-refractivity contribution in [1.82, 2.24) is 29.0 Å². The largest absolute Gasteiger partial charge is 0.465 e. The molecule has 0 spiro atoms. The van der Waals surface area contributed by atoms with Gasteiger partial charge in [-0.2, -0.15) is 10.4 Å². The summed E-state index contributed by atoms with van der Waals surface area (Å²) in [5, 5.41) is 23.0. The highest BCUT2D eigenvalue weighted by molar-refractivity contribution is 5.83. The van der Waals surface area contributed by atoms with Gasteiger partial charge >= 0.3 is 6.09 Å². The molecule has 0 radical (unpaired) electrons. The Kier molecular flexibility index (Phi) is 4.13. The molecule has 1 unspecified atom stereocenters. The van der Waals surface area contributed by atoms with Crippen LogP contribution < -0.4 is 0 Å². The number of imidazole rings is 1. The Bertz CT molecular complexity index is 1330. The monoisotopic (exact) mass is 401 g/mol. The summed E-state index contributed by atoms with van der Waals surface area (Å²) in [6.07, 6.45) is 4.29. The van der Waals surface area contributed by atoms with E-state index in [2.05, 4.69) is 20.7 Å². The minimum absolute atomic E-state index is 0.00306. The zero-order valence-corrected chi connectivity index (χ0v) is 16.4. The van der Waals surface area contributed by atoms with E-state index < -0.39 is 6.09 Å². The molecular formula is C21H19N7O2. The van der Waals surface area contributed by atoms with Gasteiger partial charge in [-0.25, -0.2) is 19.3 Å². The molecule has 150 valence electrons. The van der Waals surface area contributed by atoms with Crippen molar-refractivity contribution >= 4 is 22.8 Å². The fourth-order valence-electron chi connectivity index (χ4n) is 4.26. The maximum atomic E-state index is 11.5. The molecule has 0 saturated carbocycles. The fraction of sp³-hybridized carbons (Fsp3) is 0.286. The lowest BCUT2D eigenvalue weighted by Crippen LogP contribution is -2.40. The van der Waals surface area contributed by atoms with Crippen LogP contribution in [-0.2, 0) is 0 Å². The summed E-state index contributed by atoms with van der Waals surface area (Å²) in [6.45, 7) is 2.91. The fourth-order valence-corrected chi connectivity index (χ4v) is 4.26. The first-order chi connectivity index (χ1) is 14.5. The second kappa shape index (κ2) is 6.84. The number of aryl methyl sites for hydroxylation is 1. The van der Waals surface area contributed by atoms with Crippen molar-refractivity contribution in [3.63, 3.8) is 0 Å². The lowest BCUT2D eigenvalue weighted by Gasteiger charge is -2.32. The highest BCUT2D eigenvalue weighted by atomic mass is 16.4. The second-order valence-corrected chi connectivity index (χ2v) is 7.51. The summed E-state index contributed by atoms with van der Waals surface area (Å²) >= 11 is 0. The highest BCUT2D eigenvalue weighted by Crippen LogP contribution is 2.30. The van der Waals surface area contributed by atoms with Crippen LogP contribution >= 0.6 is 0 Å². The van der Waals surface area contributed by atoms with E-state index in [1.807, 2.05) is 19.1 Å². The molecule has 5 rings (SSSR count). The van der Waals surface area contributed by atoms with E-state index in [-0.39, 0.29) is 6.04 Å². The van der Waals surface area contributed by atoms with Crippen molar-refractivity contribution in [2.45, 2.75) is 25.8 Å². The summed E-state index contributed by atoms with van der Waals surface area (Å²) in [5.74, 6) is 0.818. The molecule has 4 aromatic rings. The van der Waals surface area contributed by atoms with Gasteiger partial charge in [-0.1, -0.05) is 0 Å². The van der Waals surface area contributed by atoms with Crippen molar-refractivity contribution in [2.75, 3.05) is 13.1 Å². The summed E-state index contributed by atoms with van der Waals surface area (Å²) in [5.41, 5.74) is 4.44. The van der Waals surface area contributed by atoms with Gasteiger partial charge in [0.2, 0.25) is 0 Å². The van der Waals surface area contributed by atoms with E-state index in [0.29, 0.717) is 18.7 Å². The van der Waals surface area contributed by atoms with Crippen molar-refractivity contribution in [2.24, 2.45) is 0 Å². The van der Waals surface area contributed by atoms with Gasteiger partial charge in [-0.15, -0.1) is 0 Å². The standard InChI is InChI=1S/C21H19N7O2/c1-13-24-18-5-4-17(16-11-23-27-8-6-14(10-22)9-19(16)27)25-20(18)28(13)15-3-2-7-26(12-15)21(29)30/h4-6,8-9,11,15H,2-3,7,12H2,1H3,(H,29,30). The van der Waals surface area contributed by atoms with E-state index in [0.717, 1.165) is 46.6 Å². The van der Waals surface area contributed by atoms with Crippen LogP contribution in [0.4, 0.5) is 4.79 Å². The SMILES string of the molecule is Cc1nc2ccc(-c3cnn4ccc(C#N)cc34)nc2n1C1CCCN(C(=O)O)C1. The van der Waals surface area contributed by atoms with Crippen LogP contribution in [0.2, 0.25) is 0 Å². The van der Waals surface area contributed by atoms with Crippen LogP contribution in [-0.4, -0.2) is 53.3 Å². The molecule has 0 bridgehead atoms. The van der Waals surface area contributed by atoms with Gasteiger partial charge in [0.05, 0.1) is 35.1 Å². The van der Waals surface area contributed by atoms with Gasteiger partial charge in [-0.3, -0.25) is 0 Å². The first kappa shape index (κ1) is 18.1. The number of rotatable bonds is 2. The maximum Gasteiger partial charge on any atom is 0.407 e. The molecule has 9 heteroatoms. The number of pyridine rings is 2. The summed E-state index contributed by atoms with van der Waals surface area (Å²) in [6, 6.07) is 9.50. The van der Waals surface area contributed by atoms with Gasteiger partial charge in [0.1, 0.15) is 11.3 Å². The topological polar surface area (TPSA) is 112 Å². The van der Waals surface area contributed by atoms with Crippen molar-refractivity contribution in [3.8, 4) is 17.3 Å². The zero-order valence-electron chi connectivity index (χ0n) is 16.4. The van der Waals surface area contributed by atoms with Crippen LogP contribution in [0.5, 0.6) is 0 Å². The lowest BCUT2D eigenvalue weighted by atomic mass is 10.1. The van der Waals surface area contributed by atoms with Crippen LogP contribution in [0, 0.1) is 18.3 Å². The Hall–Kier alpha value is -3.93. The molecule has 1 amide bonds. The van der Waals surface area contributed by atoms with Crippen molar-refractivity contribution in [3.05, 3.63) is 48.0 Å². The Morgan fingerprint density at radius 2 is 2.17 bits per heavy atom. The summed E-state index contributed by atoms with van der Waals surface area (Å²) in [7, 11) is 0. The second-order valence-electron chi connectivity index (χ2n) is 7.51. The molecule has 1 saturated heterocycles. The molecule has 1 aliphatic heterocycles. The van der Waals surface area contributed by atoms with E-state index in [9.17, 15) is 15.2 Å². The molecule has 1 fully saturated rings. The zero-order chi connectivity index (χ0) is 20.8. The molecular weight excluding hydrogens is 382 g/mol. The van der Waals surface area contributed by atoms with Gasteiger partial charge < -0.3 is 14.6 Å². The van der Waals surface area contributed by atoms with E-state index in [1.165, 1.54) is 4.90 Å². The lowest BCUT2D eigenvalue weighted by molar-refractivity contribution is 0.122. The number of carbonyl (C=O) groups is 1. The number of hydrogen-bond donors (Lipinski definition) is 1. The normalized spacial score (nSPS) is 16.8. The molecule has 30 heavy (non-hydrogen) atoms. The summed E-state index contributed by atoms with van der Waals surface area (Å²) < 4.78 is 3.77. The summed E-state index contributed by atoms with van der Waals surface area (Å²) in [4.78, 5) is 22.4. The Morgan fingerprint density at radius 1 is 1.30 bits per heavy atom. The van der Waals surface area contributed by atoms with Gasteiger partial charge in [0, 0.05) is 24.8 Å². The minimum atomic E-state index is -0.893. The van der Waals surface area contributed by atoms with Crippen LogP contribution in [0.1, 0.15) is 30.3 Å². The third-order valence-electron chi connectivity index (χ3n) is 5.67. The first-order valence-corrected chi connectivity index (χ1v) is 9.76. The Labute approximate surface area is 171 Å². The van der Waals surface area contributed by atoms with Crippen LogP contribution in [0.3, 0.4) is 0 Å². The minimum Gasteiger partial charge on any atom is -0.465 e.